The summed E-state index contributed by atoms with van der Waals surface area (Å²) in [6, 6.07) is 9.82. The van der Waals surface area contributed by atoms with E-state index in [0.29, 0.717) is 29.7 Å². The van der Waals surface area contributed by atoms with Gasteiger partial charge in [0.1, 0.15) is 25.6 Å². The summed E-state index contributed by atoms with van der Waals surface area (Å²) in [6.45, 7) is 0. The van der Waals surface area contributed by atoms with Crippen molar-refractivity contribution >= 4 is 80.8 Å². The number of aliphatic imine (C=N–C) groups is 1. The zero-order valence-corrected chi connectivity index (χ0v) is 35.3. The Labute approximate surface area is 355 Å². The fourth-order valence-electron chi connectivity index (χ4n) is 3.93. The molecule has 0 aliphatic heterocycles. The van der Waals surface area contributed by atoms with E-state index >= 15 is 0 Å². The van der Waals surface area contributed by atoms with Gasteiger partial charge in [-0.2, -0.15) is 16.8 Å². The Morgan fingerprint density at radius 3 is 1.91 bits per heavy atom. The van der Waals surface area contributed by atoms with Crippen molar-refractivity contribution in [2.75, 3.05) is 0 Å². The molecular formula is C24H13N3Na4O13S3. The van der Waals surface area contributed by atoms with Crippen LogP contribution in [0.15, 0.2) is 96.7 Å². The number of carbonyl (C=O) groups is 1. The van der Waals surface area contributed by atoms with Gasteiger partial charge in [0.05, 0.1) is 22.2 Å². The van der Waals surface area contributed by atoms with Crippen molar-refractivity contribution in [3.8, 4) is 5.75 Å². The molecule has 0 spiro atoms. The van der Waals surface area contributed by atoms with E-state index in [-0.39, 0.29) is 130 Å². The maximum Gasteiger partial charge on any atom is 1.00 e. The van der Waals surface area contributed by atoms with E-state index in [2.05, 4.69) is 15.2 Å². The molecule has 47 heavy (non-hydrogen) atoms. The summed E-state index contributed by atoms with van der Waals surface area (Å²) in [4.78, 5) is 10.9. The first kappa shape index (κ1) is 46.2. The molecule has 0 radical (unpaired) electrons. The van der Waals surface area contributed by atoms with Crippen LogP contribution in [0.5, 0.6) is 5.75 Å². The van der Waals surface area contributed by atoms with E-state index < -0.39 is 90.5 Å². The van der Waals surface area contributed by atoms with Gasteiger partial charge in [0.2, 0.25) is 0 Å². The van der Waals surface area contributed by atoms with Crippen LogP contribution < -0.4 is 134 Å². The predicted molar refractivity (Wildman–Crippen MR) is 140 cm³/mol. The molecule has 4 aromatic rings. The van der Waals surface area contributed by atoms with Crippen molar-refractivity contribution in [1.29, 1.82) is 0 Å². The Balaban J connectivity index is 0.00000529. The molecule has 0 saturated carbocycles. The van der Waals surface area contributed by atoms with Crippen LogP contribution in [0.2, 0.25) is 0 Å². The van der Waals surface area contributed by atoms with Crippen molar-refractivity contribution < 1.29 is 177 Å². The molecule has 224 valence electrons. The van der Waals surface area contributed by atoms with Crippen LogP contribution in [-0.4, -0.2) is 50.8 Å². The number of fused-ring (bicyclic) bond motifs is 2. The first-order valence-corrected chi connectivity index (χ1v) is 15.5. The third kappa shape index (κ3) is 11.1. The smallest absolute Gasteiger partial charge is 0.870 e. The normalized spacial score (nSPS) is 12.3. The Kier molecular flexibility index (Phi) is 17.6. The summed E-state index contributed by atoms with van der Waals surface area (Å²) in [5.74, 6) is -4.64. The summed E-state index contributed by atoms with van der Waals surface area (Å²) in [5, 5.41) is 42.4. The maximum absolute atomic E-state index is 13.5. The molecule has 0 aliphatic rings. The Morgan fingerprint density at radius 1 is 0.745 bits per heavy atom. The molecule has 4 rings (SSSR count). The maximum atomic E-state index is 13.5. The summed E-state index contributed by atoms with van der Waals surface area (Å²) in [6.07, 6.45) is 0.626. The van der Waals surface area contributed by atoms with E-state index in [9.17, 15) is 59.0 Å². The van der Waals surface area contributed by atoms with Crippen molar-refractivity contribution in [2.24, 2.45) is 15.2 Å². The van der Waals surface area contributed by atoms with Crippen molar-refractivity contribution in [1.82, 2.24) is 0 Å². The SMILES string of the molecule is O=C([O-])/C=C\C([O-])=Nc1cc(S(=O)(=O)[O-])cc2cc(S(=O)(=O)O)c(N=Nc3ccc4ccccc4c3S(=O)(=O)O)c([O-])c12.[Na+].[Na+].[Na+].[Na+]. The number of carbonyl (C=O) groups excluding carboxylic acids is 1. The van der Waals surface area contributed by atoms with E-state index in [0.717, 1.165) is 6.07 Å². The van der Waals surface area contributed by atoms with Crippen molar-refractivity contribution in [3.63, 3.8) is 0 Å². The fraction of sp³-hybridized carbons (Fsp3) is 0. The van der Waals surface area contributed by atoms with Crippen LogP contribution in [0, 0.1) is 0 Å². The number of hydrogen-bond acceptors (Lipinski definition) is 14. The summed E-state index contributed by atoms with van der Waals surface area (Å²) in [7, 11) is -15.7. The third-order valence-electron chi connectivity index (χ3n) is 5.62. The van der Waals surface area contributed by atoms with Gasteiger partial charge in [-0.05, 0) is 53.1 Å². The molecule has 0 atom stereocenters. The minimum absolute atomic E-state index is 0. The number of carboxylic acids is 1. The average Bonchev–Trinajstić information content (AvgIpc) is 2.88. The second-order valence-corrected chi connectivity index (χ2v) is 12.6. The molecular weight excluding hydrogens is 726 g/mol. The molecule has 0 bridgehead atoms. The molecule has 0 fully saturated rings. The molecule has 2 N–H and O–H groups in total. The van der Waals surface area contributed by atoms with Crippen molar-refractivity contribution in [2.45, 2.75) is 14.7 Å². The number of carboxylic acid groups (broad SMARTS) is 1. The third-order valence-corrected chi connectivity index (χ3v) is 8.24. The van der Waals surface area contributed by atoms with E-state index in [4.69, 9.17) is 0 Å². The summed E-state index contributed by atoms with van der Waals surface area (Å²) < 4.78 is 104. The van der Waals surface area contributed by atoms with Crippen LogP contribution in [-0.2, 0) is 35.1 Å². The Bertz CT molecular complexity index is 2280. The quantitative estimate of drug-likeness (QED) is 0.0424. The van der Waals surface area contributed by atoms with Crippen molar-refractivity contribution in [3.05, 3.63) is 66.7 Å². The van der Waals surface area contributed by atoms with E-state index in [1.165, 1.54) is 24.3 Å². The first-order chi connectivity index (χ1) is 19.9. The van der Waals surface area contributed by atoms with Gasteiger partial charge in [-0.3, -0.25) is 14.1 Å². The number of rotatable bonds is 8. The van der Waals surface area contributed by atoms with Gasteiger partial charge in [-0.25, -0.2) is 8.42 Å². The first-order valence-electron chi connectivity index (χ1n) is 11.2. The van der Waals surface area contributed by atoms with Crippen LogP contribution in [0.25, 0.3) is 21.5 Å². The number of aliphatic carboxylic acids is 1. The minimum atomic E-state index is -5.36. The molecule has 4 aromatic carbocycles. The second-order valence-electron chi connectivity index (χ2n) is 8.43. The standard InChI is InChI=1S/C24H17N3O13S3.4Na/c28-19(7-8-20(29)30)25-17-11-14(41(32,33)34)9-13-10-18(42(35,36)37)22(23(31)21(13)17)27-26-16-6-5-12-3-1-2-4-15(12)24(16)43(38,39)40;;;;/h1-11,31H,(H,25,28)(H,29,30)(H,32,33,34)(H,35,36,37)(H,38,39,40);;;;/q;4*+1/p-4/b8-7-,27-26?;;;;. The van der Waals surface area contributed by atoms with Gasteiger partial charge in [0.15, 0.2) is 0 Å². The monoisotopic (exact) mass is 739 g/mol. The van der Waals surface area contributed by atoms with Crippen LogP contribution >= 0.6 is 0 Å². The zero-order chi connectivity index (χ0) is 31.9. The topological polar surface area (TPSA) is 289 Å². The average molecular weight is 740 g/mol. The molecule has 0 aliphatic carbocycles. The van der Waals surface area contributed by atoms with Gasteiger partial charge in [0, 0.05) is 10.8 Å². The van der Waals surface area contributed by atoms with E-state index in [1.54, 1.807) is 6.07 Å². The number of nitrogens with zero attached hydrogens (tertiary/aromatic N) is 3. The molecule has 0 unspecified atom stereocenters. The predicted octanol–water partition coefficient (Wildman–Crippen LogP) is -11.4. The Morgan fingerprint density at radius 2 is 1.36 bits per heavy atom. The molecule has 0 aromatic heterocycles. The zero-order valence-electron chi connectivity index (χ0n) is 24.8. The summed E-state index contributed by atoms with van der Waals surface area (Å²) >= 11 is 0. The van der Waals surface area contributed by atoms with Gasteiger partial charge < -0.3 is 24.7 Å². The Hall–Kier alpha value is -0.790. The molecule has 0 heterocycles. The molecule has 0 saturated heterocycles. The van der Waals surface area contributed by atoms with Crippen LogP contribution in [0.4, 0.5) is 17.1 Å². The summed E-state index contributed by atoms with van der Waals surface area (Å²) in [5.41, 5.74) is -2.58. The molecule has 16 nitrogen and oxygen atoms in total. The number of hydrogen-bond donors (Lipinski definition) is 2. The molecule has 23 heteroatoms. The van der Waals surface area contributed by atoms with Gasteiger partial charge in [-0.15, -0.1) is 10.2 Å². The number of benzene rings is 4. The van der Waals surface area contributed by atoms with E-state index in [1.807, 2.05) is 0 Å². The fourth-order valence-corrected chi connectivity index (χ4v) is 5.95. The number of azo groups is 1. The minimum Gasteiger partial charge on any atom is -0.870 e. The molecule has 0 amide bonds. The largest absolute Gasteiger partial charge is 1.00 e. The van der Waals surface area contributed by atoms with Gasteiger partial charge in [0.25, 0.3) is 20.2 Å². The van der Waals surface area contributed by atoms with Gasteiger partial charge in [-0.1, -0.05) is 36.1 Å². The van der Waals surface area contributed by atoms with Crippen LogP contribution in [0.1, 0.15) is 0 Å². The van der Waals surface area contributed by atoms with Gasteiger partial charge >= 0.3 is 118 Å². The van der Waals surface area contributed by atoms with Crippen LogP contribution in [0.3, 0.4) is 0 Å². The second kappa shape index (κ2) is 17.9.